The zero-order valence-electron chi connectivity index (χ0n) is 21.4. The Labute approximate surface area is 200 Å². The molecule has 33 heavy (non-hydrogen) atoms. The van der Waals surface area contributed by atoms with Crippen LogP contribution in [0.15, 0.2) is 28.7 Å². The largest absolute Gasteiger partial charge is 0.493 e. The Bertz CT molecular complexity index is 907. The van der Waals surface area contributed by atoms with E-state index in [4.69, 9.17) is 13.9 Å². The molecular formula is C30H44O3. The first-order valence-corrected chi connectivity index (χ1v) is 13.4. The minimum atomic E-state index is 0.747. The summed E-state index contributed by atoms with van der Waals surface area (Å²) in [7, 11) is 0. The molecule has 0 saturated heterocycles. The average molecular weight is 453 g/mol. The molecule has 182 valence electrons. The van der Waals surface area contributed by atoms with Crippen LogP contribution in [0, 0.1) is 13.8 Å². The summed E-state index contributed by atoms with van der Waals surface area (Å²) in [4.78, 5) is 0. The Morgan fingerprint density at radius 3 is 1.36 bits per heavy atom. The number of unbranched alkanes of at least 4 members (excludes halogenated alkanes) is 10. The lowest BCUT2D eigenvalue weighted by Crippen LogP contribution is -2.00. The van der Waals surface area contributed by atoms with Gasteiger partial charge in [-0.2, -0.15) is 0 Å². The smallest absolute Gasteiger partial charge is 0.139 e. The Kier molecular flexibility index (Phi) is 10.4. The van der Waals surface area contributed by atoms with Gasteiger partial charge in [-0.05, 0) is 62.1 Å². The molecule has 1 aromatic heterocycles. The van der Waals surface area contributed by atoms with Crippen molar-refractivity contribution in [1.82, 2.24) is 0 Å². The number of furan rings is 1. The molecule has 0 aliphatic heterocycles. The fourth-order valence-corrected chi connectivity index (χ4v) is 4.57. The van der Waals surface area contributed by atoms with Gasteiger partial charge in [0.05, 0.1) is 24.0 Å². The van der Waals surface area contributed by atoms with Crippen molar-refractivity contribution in [3.8, 4) is 11.5 Å². The van der Waals surface area contributed by atoms with Gasteiger partial charge in [0.25, 0.3) is 0 Å². The second-order valence-electron chi connectivity index (χ2n) is 9.61. The SMILES string of the molecule is CCCCCCCCOc1cc(C)cc2oc3cc(C)cc(OCCCCCCCC)c3c12. The van der Waals surface area contributed by atoms with Gasteiger partial charge in [0.1, 0.15) is 22.7 Å². The monoisotopic (exact) mass is 452 g/mol. The third-order valence-corrected chi connectivity index (χ3v) is 6.40. The number of rotatable bonds is 16. The van der Waals surface area contributed by atoms with E-state index in [0.717, 1.165) is 70.6 Å². The Hall–Kier alpha value is -2.16. The number of ether oxygens (including phenoxy) is 2. The highest BCUT2D eigenvalue weighted by Gasteiger charge is 2.18. The third kappa shape index (κ3) is 7.42. The van der Waals surface area contributed by atoms with E-state index in [1.54, 1.807) is 0 Å². The van der Waals surface area contributed by atoms with Crippen LogP contribution in [0.5, 0.6) is 11.5 Å². The number of fused-ring (bicyclic) bond motifs is 3. The standard InChI is InChI=1S/C30H44O3/c1-5-7-9-11-13-15-17-31-25-19-23(3)21-27-29(25)30-26(20-24(4)22-28(30)33-27)32-18-16-14-12-10-8-6-2/h19-22H,5-18H2,1-4H3. The third-order valence-electron chi connectivity index (χ3n) is 6.40. The van der Waals surface area contributed by atoms with E-state index in [9.17, 15) is 0 Å². The Morgan fingerprint density at radius 2 is 0.939 bits per heavy atom. The van der Waals surface area contributed by atoms with E-state index in [0.29, 0.717) is 0 Å². The van der Waals surface area contributed by atoms with E-state index in [2.05, 4.69) is 52.0 Å². The second-order valence-corrected chi connectivity index (χ2v) is 9.61. The molecule has 0 spiro atoms. The highest BCUT2D eigenvalue weighted by molar-refractivity contribution is 6.11. The van der Waals surface area contributed by atoms with Crippen LogP contribution < -0.4 is 9.47 Å². The predicted molar refractivity (Wildman–Crippen MR) is 141 cm³/mol. The zero-order valence-corrected chi connectivity index (χ0v) is 21.4. The van der Waals surface area contributed by atoms with E-state index in [1.807, 2.05) is 0 Å². The van der Waals surface area contributed by atoms with E-state index >= 15 is 0 Å². The summed E-state index contributed by atoms with van der Waals surface area (Å²) in [5.74, 6) is 1.84. The molecule has 0 aliphatic rings. The van der Waals surface area contributed by atoms with Crippen molar-refractivity contribution >= 4 is 21.9 Å². The van der Waals surface area contributed by atoms with Gasteiger partial charge in [-0.3, -0.25) is 0 Å². The molecule has 0 atom stereocenters. The zero-order chi connectivity index (χ0) is 23.5. The number of aryl methyl sites for hydroxylation is 2. The molecule has 0 aliphatic carbocycles. The Balaban J connectivity index is 1.74. The highest BCUT2D eigenvalue weighted by atomic mass is 16.5. The summed E-state index contributed by atoms with van der Waals surface area (Å²) < 4.78 is 18.9. The Morgan fingerprint density at radius 1 is 0.545 bits per heavy atom. The van der Waals surface area contributed by atoms with Gasteiger partial charge in [0.2, 0.25) is 0 Å². The van der Waals surface area contributed by atoms with Gasteiger partial charge in [0.15, 0.2) is 0 Å². The summed E-state index contributed by atoms with van der Waals surface area (Å²) in [6.45, 7) is 10.2. The summed E-state index contributed by atoms with van der Waals surface area (Å²) >= 11 is 0. The van der Waals surface area contributed by atoms with Crippen molar-refractivity contribution in [3.63, 3.8) is 0 Å². The molecule has 3 heteroatoms. The maximum atomic E-state index is 6.32. The molecule has 0 bridgehead atoms. The number of hydrogen-bond acceptors (Lipinski definition) is 3. The van der Waals surface area contributed by atoms with Crippen molar-refractivity contribution in [3.05, 3.63) is 35.4 Å². The van der Waals surface area contributed by atoms with Crippen LogP contribution in [0.25, 0.3) is 21.9 Å². The summed E-state index contributed by atoms with van der Waals surface area (Å²) in [6.07, 6.45) is 15.1. The molecule has 0 unspecified atom stereocenters. The first-order chi connectivity index (χ1) is 16.1. The topological polar surface area (TPSA) is 31.6 Å². The molecule has 1 heterocycles. The fraction of sp³-hybridized carbons (Fsp3) is 0.600. The molecule has 0 N–H and O–H groups in total. The quantitative estimate of drug-likeness (QED) is 0.203. The molecule has 3 rings (SSSR count). The van der Waals surface area contributed by atoms with Crippen molar-refractivity contribution in [2.75, 3.05) is 13.2 Å². The summed E-state index contributed by atoms with van der Waals surface area (Å²) in [6, 6.07) is 8.51. The molecule has 3 aromatic rings. The molecule has 2 aromatic carbocycles. The van der Waals surface area contributed by atoms with E-state index in [1.165, 1.54) is 64.2 Å². The van der Waals surface area contributed by atoms with Gasteiger partial charge in [0, 0.05) is 0 Å². The van der Waals surface area contributed by atoms with Crippen molar-refractivity contribution < 1.29 is 13.9 Å². The van der Waals surface area contributed by atoms with Gasteiger partial charge in [-0.25, -0.2) is 0 Å². The highest BCUT2D eigenvalue weighted by Crippen LogP contribution is 2.42. The van der Waals surface area contributed by atoms with Crippen molar-refractivity contribution in [1.29, 1.82) is 0 Å². The number of hydrogen-bond donors (Lipinski definition) is 0. The van der Waals surface area contributed by atoms with Crippen LogP contribution in [0.3, 0.4) is 0 Å². The molecule has 0 amide bonds. The van der Waals surface area contributed by atoms with Crippen LogP contribution >= 0.6 is 0 Å². The fourth-order valence-electron chi connectivity index (χ4n) is 4.57. The average Bonchev–Trinajstić information content (AvgIpc) is 3.15. The predicted octanol–water partition coefficient (Wildman–Crippen LogP) is 9.68. The van der Waals surface area contributed by atoms with E-state index in [-0.39, 0.29) is 0 Å². The van der Waals surface area contributed by atoms with Crippen LogP contribution in [-0.2, 0) is 0 Å². The number of benzene rings is 2. The molecular weight excluding hydrogens is 408 g/mol. The van der Waals surface area contributed by atoms with Gasteiger partial charge >= 0.3 is 0 Å². The first-order valence-electron chi connectivity index (χ1n) is 13.4. The molecule has 0 fully saturated rings. The maximum Gasteiger partial charge on any atom is 0.139 e. The van der Waals surface area contributed by atoms with Gasteiger partial charge in [-0.1, -0.05) is 78.1 Å². The van der Waals surface area contributed by atoms with Crippen molar-refractivity contribution in [2.24, 2.45) is 0 Å². The molecule has 0 radical (unpaired) electrons. The van der Waals surface area contributed by atoms with E-state index < -0.39 is 0 Å². The lowest BCUT2D eigenvalue weighted by atomic mass is 10.1. The van der Waals surface area contributed by atoms with Crippen molar-refractivity contribution in [2.45, 2.75) is 105 Å². The van der Waals surface area contributed by atoms with Crippen LogP contribution in [0.4, 0.5) is 0 Å². The van der Waals surface area contributed by atoms with Gasteiger partial charge in [-0.15, -0.1) is 0 Å². The summed E-state index contributed by atoms with van der Waals surface area (Å²) in [5.41, 5.74) is 4.09. The summed E-state index contributed by atoms with van der Waals surface area (Å²) in [5, 5.41) is 2.11. The second kappa shape index (κ2) is 13.5. The lowest BCUT2D eigenvalue weighted by Gasteiger charge is -2.11. The first kappa shape index (κ1) is 25.5. The van der Waals surface area contributed by atoms with Crippen LogP contribution in [0.1, 0.15) is 102 Å². The van der Waals surface area contributed by atoms with Gasteiger partial charge < -0.3 is 13.9 Å². The lowest BCUT2D eigenvalue weighted by molar-refractivity contribution is 0.305. The molecule has 0 saturated carbocycles. The minimum Gasteiger partial charge on any atom is -0.493 e. The van der Waals surface area contributed by atoms with Crippen LogP contribution in [0.2, 0.25) is 0 Å². The molecule has 3 nitrogen and oxygen atoms in total. The minimum absolute atomic E-state index is 0.747. The van der Waals surface area contributed by atoms with Crippen LogP contribution in [-0.4, -0.2) is 13.2 Å². The normalized spacial score (nSPS) is 11.5. The maximum absolute atomic E-state index is 6.32.